The van der Waals surface area contributed by atoms with Crippen molar-refractivity contribution in [1.29, 1.82) is 0 Å². The van der Waals surface area contributed by atoms with Crippen molar-refractivity contribution in [2.75, 3.05) is 0 Å². The highest BCUT2D eigenvalue weighted by Gasteiger charge is 2.35. The first-order valence-corrected chi connectivity index (χ1v) is 7.74. The molecule has 0 saturated carbocycles. The van der Waals surface area contributed by atoms with Crippen LogP contribution in [0.4, 0.5) is 0 Å². The van der Waals surface area contributed by atoms with Crippen molar-refractivity contribution >= 4 is 0 Å². The minimum atomic E-state index is -0.577. The second kappa shape index (κ2) is 5.70. The van der Waals surface area contributed by atoms with E-state index in [2.05, 4.69) is 0 Å². The molecule has 2 aromatic rings. The molecule has 2 aromatic carbocycles. The molecule has 6 heteroatoms. The molecule has 1 aliphatic rings. The van der Waals surface area contributed by atoms with Gasteiger partial charge in [0.1, 0.15) is 23.4 Å². The lowest BCUT2D eigenvalue weighted by Crippen LogP contribution is -2.29. The highest BCUT2D eigenvalue weighted by atomic mass is 16.5. The lowest BCUT2D eigenvalue weighted by Gasteiger charge is -2.36. The maximum atomic E-state index is 10.1. The van der Waals surface area contributed by atoms with Crippen LogP contribution in [-0.2, 0) is 6.42 Å². The molecule has 0 radical (unpaired) electrons. The Balaban J connectivity index is 2.09. The Morgan fingerprint density at radius 3 is 2.12 bits per heavy atom. The first-order chi connectivity index (χ1) is 11.3. The summed E-state index contributed by atoms with van der Waals surface area (Å²) in [6, 6.07) is 5.41. The van der Waals surface area contributed by atoms with Crippen LogP contribution in [0.1, 0.15) is 31.1 Å². The van der Waals surface area contributed by atoms with Crippen LogP contribution in [0.3, 0.4) is 0 Å². The SMILES string of the molecule is CC(C)C1Cc2c(O)cc(O)cc2OC1c1cc(O)c(O)c(O)c1. The van der Waals surface area contributed by atoms with Crippen molar-refractivity contribution in [2.24, 2.45) is 11.8 Å². The fourth-order valence-corrected chi connectivity index (χ4v) is 3.18. The molecule has 1 heterocycles. The molecule has 0 aromatic heterocycles. The number of phenolic OH excluding ortho intramolecular Hbond substituents is 5. The lowest BCUT2D eigenvalue weighted by molar-refractivity contribution is 0.0830. The monoisotopic (exact) mass is 332 g/mol. The highest BCUT2D eigenvalue weighted by Crippen LogP contribution is 2.48. The van der Waals surface area contributed by atoms with Crippen LogP contribution in [-0.4, -0.2) is 25.5 Å². The van der Waals surface area contributed by atoms with E-state index in [1.165, 1.54) is 24.3 Å². The molecular formula is C18H20O6. The van der Waals surface area contributed by atoms with Gasteiger partial charge in [-0.2, -0.15) is 0 Å². The van der Waals surface area contributed by atoms with Gasteiger partial charge in [-0.3, -0.25) is 0 Å². The topological polar surface area (TPSA) is 110 Å². The first kappa shape index (κ1) is 16.1. The van der Waals surface area contributed by atoms with Gasteiger partial charge in [-0.15, -0.1) is 0 Å². The molecule has 0 saturated heterocycles. The third-order valence-corrected chi connectivity index (χ3v) is 4.53. The second-order valence-corrected chi connectivity index (χ2v) is 6.50. The molecular weight excluding hydrogens is 312 g/mol. The van der Waals surface area contributed by atoms with Gasteiger partial charge in [0.15, 0.2) is 17.2 Å². The Labute approximate surface area is 139 Å². The van der Waals surface area contributed by atoms with Crippen molar-refractivity contribution in [3.8, 4) is 34.5 Å². The average molecular weight is 332 g/mol. The fourth-order valence-electron chi connectivity index (χ4n) is 3.18. The van der Waals surface area contributed by atoms with Crippen molar-refractivity contribution in [1.82, 2.24) is 0 Å². The summed E-state index contributed by atoms with van der Waals surface area (Å²) in [5.41, 5.74) is 1.13. The van der Waals surface area contributed by atoms with Crippen molar-refractivity contribution in [3.05, 3.63) is 35.4 Å². The quantitative estimate of drug-likeness (QED) is 0.540. The molecule has 0 aliphatic carbocycles. The van der Waals surface area contributed by atoms with Gasteiger partial charge < -0.3 is 30.3 Å². The molecule has 0 fully saturated rings. The normalized spacial score (nSPS) is 19.8. The Kier molecular flexibility index (Phi) is 3.83. The third kappa shape index (κ3) is 2.64. The van der Waals surface area contributed by atoms with E-state index in [0.717, 1.165) is 0 Å². The number of ether oxygens (including phenoxy) is 1. The van der Waals surface area contributed by atoms with E-state index in [1.807, 2.05) is 13.8 Å². The van der Waals surface area contributed by atoms with Gasteiger partial charge in [-0.1, -0.05) is 13.8 Å². The average Bonchev–Trinajstić information content (AvgIpc) is 2.50. The van der Waals surface area contributed by atoms with E-state index < -0.39 is 23.4 Å². The number of phenols is 5. The maximum absolute atomic E-state index is 10.1. The van der Waals surface area contributed by atoms with Gasteiger partial charge in [0.25, 0.3) is 0 Å². The molecule has 0 amide bonds. The summed E-state index contributed by atoms with van der Waals surface area (Å²) < 4.78 is 5.98. The Morgan fingerprint density at radius 2 is 1.54 bits per heavy atom. The predicted octanol–water partition coefficient (Wildman–Crippen LogP) is 3.16. The standard InChI is InChI=1S/C18H20O6/c1-8(2)11-7-12-13(20)5-10(19)6-16(12)24-18(11)9-3-14(21)17(23)15(22)4-9/h3-6,8,11,18-23H,7H2,1-2H3. The van der Waals surface area contributed by atoms with Crippen LogP contribution < -0.4 is 4.74 Å². The van der Waals surface area contributed by atoms with Crippen molar-refractivity contribution in [2.45, 2.75) is 26.4 Å². The largest absolute Gasteiger partial charge is 0.508 e. The first-order valence-electron chi connectivity index (χ1n) is 7.74. The van der Waals surface area contributed by atoms with Gasteiger partial charge in [0.2, 0.25) is 0 Å². The number of fused-ring (bicyclic) bond motifs is 1. The van der Waals surface area contributed by atoms with E-state index >= 15 is 0 Å². The number of hydrogen-bond donors (Lipinski definition) is 5. The molecule has 6 nitrogen and oxygen atoms in total. The summed E-state index contributed by atoms with van der Waals surface area (Å²) in [6.07, 6.45) is 0.0164. The summed E-state index contributed by atoms with van der Waals surface area (Å²) in [7, 11) is 0. The summed E-state index contributed by atoms with van der Waals surface area (Å²) >= 11 is 0. The number of benzene rings is 2. The van der Waals surface area contributed by atoms with Gasteiger partial charge in [-0.05, 0) is 24.5 Å². The maximum Gasteiger partial charge on any atom is 0.200 e. The molecule has 3 rings (SSSR count). The Morgan fingerprint density at radius 1 is 0.917 bits per heavy atom. The van der Waals surface area contributed by atoms with E-state index in [1.54, 1.807) is 0 Å². The van der Waals surface area contributed by atoms with Gasteiger partial charge >= 0.3 is 0 Å². The molecule has 0 bridgehead atoms. The van der Waals surface area contributed by atoms with Crippen LogP contribution in [0, 0.1) is 11.8 Å². The zero-order chi connectivity index (χ0) is 17.6. The molecule has 5 N–H and O–H groups in total. The summed E-state index contributed by atoms with van der Waals surface area (Å²) in [5, 5.41) is 48.8. The number of rotatable bonds is 2. The molecule has 2 unspecified atom stereocenters. The summed E-state index contributed by atoms with van der Waals surface area (Å²) in [5.74, 6) is -1.05. The molecule has 24 heavy (non-hydrogen) atoms. The molecule has 1 aliphatic heterocycles. The zero-order valence-corrected chi connectivity index (χ0v) is 13.4. The third-order valence-electron chi connectivity index (χ3n) is 4.53. The van der Waals surface area contributed by atoms with Crippen molar-refractivity contribution < 1.29 is 30.3 Å². The second-order valence-electron chi connectivity index (χ2n) is 6.50. The Hall–Kier alpha value is -2.76. The summed E-state index contributed by atoms with van der Waals surface area (Å²) in [6.45, 7) is 4.03. The van der Waals surface area contributed by atoms with Crippen molar-refractivity contribution in [3.63, 3.8) is 0 Å². The van der Waals surface area contributed by atoms with Crippen LogP contribution in [0.5, 0.6) is 34.5 Å². The van der Waals surface area contributed by atoms with E-state index in [0.29, 0.717) is 23.3 Å². The molecule has 2 atom stereocenters. The van der Waals surface area contributed by atoms with E-state index in [-0.39, 0.29) is 23.3 Å². The van der Waals surface area contributed by atoms with E-state index in [9.17, 15) is 25.5 Å². The minimum Gasteiger partial charge on any atom is -0.508 e. The summed E-state index contributed by atoms with van der Waals surface area (Å²) in [4.78, 5) is 0. The molecule has 0 spiro atoms. The highest BCUT2D eigenvalue weighted by molar-refractivity contribution is 5.54. The molecule has 128 valence electrons. The Bertz CT molecular complexity index is 760. The van der Waals surface area contributed by atoms with Gasteiger partial charge in [0.05, 0.1) is 0 Å². The minimum absolute atomic E-state index is 0.0227. The van der Waals surface area contributed by atoms with Gasteiger partial charge in [-0.25, -0.2) is 0 Å². The van der Waals surface area contributed by atoms with E-state index in [4.69, 9.17) is 4.74 Å². The van der Waals surface area contributed by atoms with Crippen LogP contribution in [0.25, 0.3) is 0 Å². The fraction of sp³-hybridized carbons (Fsp3) is 0.333. The number of hydrogen-bond acceptors (Lipinski definition) is 6. The van der Waals surface area contributed by atoms with Gasteiger partial charge in [0, 0.05) is 29.2 Å². The van der Waals surface area contributed by atoms with Crippen LogP contribution in [0.2, 0.25) is 0 Å². The number of aromatic hydroxyl groups is 5. The smallest absolute Gasteiger partial charge is 0.200 e. The van der Waals surface area contributed by atoms with Crippen LogP contribution in [0.15, 0.2) is 24.3 Å². The predicted molar refractivity (Wildman–Crippen MR) is 86.6 cm³/mol. The van der Waals surface area contributed by atoms with Crippen LogP contribution >= 0.6 is 0 Å². The lowest BCUT2D eigenvalue weighted by atomic mass is 9.79. The zero-order valence-electron chi connectivity index (χ0n) is 13.4.